The summed E-state index contributed by atoms with van der Waals surface area (Å²) in [5.41, 5.74) is 1.52. The highest BCUT2D eigenvalue weighted by Gasteiger charge is 2.23. The molecule has 2 aromatic rings. The van der Waals surface area contributed by atoms with Crippen LogP contribution >= 0.6 is 12.2 Å². The molecule has 0 aliphatic carbocycles. The van der Waals surface area contributed by atoms with Crippen LogP contribution in [0.3, 0.4) is 0 Å². The summed E-state index contributed by atoms with van der Waals surface area (Å²) in [6, 6.07) is 14.3. The van der Waals surface area contributed by atoms with Crippen molar-refractivity contribution in [2.24, 2.45) is 11.8 Å². The second-order valence-electron chi connectivity index (χ2n) is 8.63. The van der Waals surface area contributed by atoms with Gasteiger partial charge in [0, 0.05) is 13.1 Å². The van der Waals surface area contributed by atoms with E-state index in [2.05, 4.69) is 17.6 Å². The van der Waals surface area contributed by atoms with E-state index in [9.17, 15) is 9.59 Å². The Labute approximate surface area is 195 Å². The Kier molecular flexibility index (Phi) is 8.22. The number of anilines is 1. The Morgan fingerprint density at radius 2 is 1.69 bits per heavy atom. The number of thiocarbonyl (C=S) groups is 1. The lowest BCUT2D eigenvalue weighted by atomic mass is 9.98. The minimum Gasteiger partial charge on any atom is -0.492 e. The molecule has 6 nitrogen and oxygen atoms in total. The third-order valence-electron chi connectivity index (χ3n) is 5.41. The Hall–Kier alpha value is -2.93. The standard InChI is InChI=1S/C25H31N3O3S/c1-17(2)16-31-22-11-7-5-9-20(22)23(29)27-25(32)26-21-10-6-4-8-19(21)24(30)28-14-12-18(3)13-15-28/h4-11,17-18H,12-16H2,1-3H3,(H2,26,27,29,32). The van der Waals surface area contributed by atoms with Crippen LogP contribution in [0.15, 0.2) is 48.5 Å². The maximum absolute atomic E-state index is 13.1. The number of piperidine rings is 1. The van der Waals surface area contributed by atoms with Crippen molar-refractivity contribution in [3.8, 4) is 5.75 Å². The number of hydrogen-bond donors (Lipinski definition) is 2. The molecule has 0 aromatic heterocycles. The summed E-state index contributed by atoms with van der Waals surface area (Å²) >= 11 is 5.37. The zero-order chi connectivity index (χ0) is 23.1. The molecule has 0 atom stereocenters. The number of likely N-dealkylation sites (tertiary alicyclic amines) is 1. The van der Waals surface area contributed by atoms with E-state index in [4.69, 9.17) is 17.0 Å². The predicted octanol–water partition coefficient (Wildman–Crippen LogP) is 4.72. The van der Waals surface area contributed by atoms with Gasteiger partial charge in [0.05, 0.1) is 23.4 Å². The molecule has 32 heavy (non-hydrogen) atoms. The maximum Gasteiger partial charge on any atom is 0.261 e. The second-order valence-corrected chi connectivity index (χ2v) is 9.04. The third-order valence-corrected chi connectivity index (χ3v) is 5.61. The van der Waals surface area contributed by atoms with Crippen LogP contribution in [0.25, 0.3) is 0 Å². The number of para-hydroxylation sites is 2. The fraction of sp³-hybridized carbons (Fsp3) is 0.400. The van der Waals surface area contributed by atoms with Crippen LogP contribution in [0, 0.1) is 11.8 Å². The highest BCUT2D eigenvalue weighted by Crippen LogP contribution is 2.23. The number of rotatable bonds is 6. The van der Waals surface area contributed by atoms with Gasteiger partial charge in [-0.25, -0.2) is 0 Å². The van der Waals surface area contributed by atoms with Crippen molar-refractivity contribution >= 4 is 34.8 Å². The van der Waals surface area contributed by atoms with Crippen LogP contribution in [0.5, 0.6) is 5.75 Å². The maximum atomic E-state index is 13.1. The molecule has 0 saturated carbocycles. The average molecular weight is 454 g/mol. The first-order chi connectivity index (χ1) is 15.3. The van der Waals surface area contributed by atoms with Gasteiger partial charge in [0.2, 0.25) is 0 Å². The molecule has 2 N–H and O–H groups in total. The number of ether oxygens (including phenoxy) is 1. The lowest BCUT2D eigenvalue weighted by molar-refractivity contribution is 0.0698. The minimum absolute atomic E-state index is 0.0263. The number of carbonyl (C=O) groups is 2. The van der Waals surface area contributed by atoms with Gasteiger partial charge in [0.1, 0.15) is 5.75 Å². The number of amides is 2. The highest BCUT2D eigenvalue weighted by molar-refractivity contribution is 7.80. The van der Waals surface area contributed by atoms with Gasteiger partial charge in [-0.15, -0.1) is 0 Å². The van der Waals surface area contributed by atoms with Crippen LogP contribution in [-0.2, 0) is 0 Å². The largest absolute Gasteiger partial charge is 0.492 e. The second kappa shape index (κ2) is 11.1. The van der Waals surface area contributed by atoms with Gasteiger partial charge in [0.25, 0.3) is 11.8 Å². The summed E-state index contributed by atoms with van der Waals surface area (Å²) in [6.45, 7) is 8.32. The molecule has 2 aromatic carbocycles. The van der Waals surface area contributed by atoms with Crippen LogP contribution in [0.1, 0.15) is 54.3 Å². The number of nitrogens with one attached hydrogen (secondary N) is 2. The van der Waals surface area contributed by atoms with E-state index >= 15 is 0 Å². The summed E-state index contributed by atoms with van der Waals surface area (Å²) in [5.74, 6) is 1.10. The first-order valence-corrected chi connectivity index (χ1v) is 11.5. The van der Waals surface area contributed by atoms with E-state index in [-0.39, 0.29) is 16.9 Å². The fourth-order valence-corrected chi connectivity index (χ4v) is 3.72. The Morgan fingerprint density at radius 1 is 1.06 bits per heavy atom. The molecule has 2 amide bonds. The predicted molar refractivity (Wildman–Crippen MR) is 131 cm³/mol. The molecule has 1 fully saturated rings. The zero-order valence-corrected chi connectivity index (χ0v) is 19.7. The van der Waals surface area contributed by atoms with Gasteiger partial charge in [0.15, 0.2) is 5.11 Å². The van der Waals surface area contributed by atoms with Crippen molar-refractivity contribution in [3.63, 3.8) is 0 Å². The summed E-state index contributed by atoms with van der Waals surface area (Å²) in [5, 5.41) is 5.85. The van der Waals surface area contributed by atoms with E-state index in [1.54, 1.807) is 30.3 Å². The minimum atomic E-state index is -0.365. The molecule has 1 heterocycles. The van der Waals surface area contributed by atoms with Gasteiger partial charge in [-0.2, -0.15) is 0 Å². The van der Waals surface area contributed by atoms with Crippen molar-refractivity contribution in [1.82, 2.24) is 10.2 Å². The lowest BCUT2D eigenvalue weighted by Crippen LogP contribution is -2.39. The molecule has 3 rings (SSSR count). The number of benzene rings is 2. The van der Waals surface area contributed by atoms with Crippen LogP contribution in [0.2, 0.25) is 0 Å². The first kappa shape index (κ1) is 23.7. The van der Waals surface area contributed by atoms with Crippen molar-refractivity contribution in [3.05, 3.63) is 59.7 Å². The molecule has 1 saturated heterocycles. The lowest BCUT2D eigenvalue weighted by Gasteiger charge is -2.31. The zero-order valence-electron chi connectivity index (χ0n) is 18.9. The Bertz CT molecular complexity index is 968. The van der Waals surface area contributed by atoms with Gasteiger partial charge < -0.3 is 15.0 Å². The molecular weight excluding hydrogens is 422 g/mol. The topological polar surface area (TPSA) is 70.7 Å². The van der Waals surface area contributed by atoms with Gasteiger partial charge in [-0.1, -0.05) is 45.0 Å². The molecule has 0 bridgehead atoms. The van der Waals surface area contributed by atoms with E-state index < -0.39 is 0 Å². The van der Waals surface area contributed by atoms with Crippen molar-refractivity contribution in [1.29, 1.82) is 0 Å². The summed E-state index contributed by atoms with van der Waals surface area (Å²) in [7, 11) is 0. The van der Waals surface area contributed by atoms with E-state index in [1.165, 1.54) is 0 Å². The van der Waals surface area contributed by atoms with E-state index in [0.29, 0.717) is 41.0 Å². The molecule has 0 spiro atoms. The van der Waals surface area contributed by atoms with Crippen LogP contribution in [0.4, 0.5) is 5.69 Å². The summed E-state index contributed by atoms with van der Waals surface area (Å²) < 4.78 is 5.77. The van der Waals surface area contributed by atoms with Crippen LogP contribution < -0.4 is 15.4 Å². The van der Waals surface area contributed by atoms with Crippen LogP contribution in [-0.4, -0.2) is 41.5 Å². The molecule has 170 valence electrons. The molecule has 1 aliphatic heterocycles. The van der Waals surface area contributed by atoms with E-state index in [1.807, 2.05) is 36.9 Å². The number of hydrogen-bond acceptors (Lipinski definition) is 4. The Morgan fingerprint density at radius 3 is 2.38 bits per heavy atom. The molecule has 7 heteroatoms. The molecular formula is C25H31N3O3S. The van der Waals surface area contributed by atoms with Gasteiger partial charge in [-0.3, -0.25) is 14.9 Å². The fourth-order valence-electron chi connectivity index (χ4n) is 3.52. The van der Waals surface area contributed by atoms with Gasteiger partial charge in [-0.05, 0) is 61.2 Å². The highest BCUT2D eigenvalue weighted by atomic mass is 32.1. The number of carbonyl (C=O) groups excluding carboxylic acids is 2. The van der Waals surface area contributed by atoms with Crippen molar-refractivity contribution < 1.29 is 14.3 Å². The molecule has 0 radical (unpaired) electrons. The summed E-state index contributed by atoms with van der Waals surface area (Å²) in [6.07, 6.45) is 2.02. The monoisotopic (exact) mass is 453 g/mol. The third kappa shape index (κ3) is 6.29. The van der Waals surface area contributed by atoms with Crippen molar-refractivity contribution in [2.75, 3.05) is 25.0 Å². The first-order valence-electron chi connectivity index (χ1n) is 11.1. The Balaban J connectivity index is 1.67. The molecule has 0 unspecified atom stereocenters. The summed E-state index contributed by atoms with van der Waals surface area (Å²) in [4.78, 5) is 27.8. The average Bonchev–Trinajstić information content (AvgIpc) is 2.78. The van der Waals surface area contributed by atoms with E-state index in [0.717, 1.165) is 25.9 Å². The normalized spacial score (nSPS) is 14.2. The van der Waals surface area contributed by atoms with Crippen molar-refractivity contribution in [2.45, 2.75) is 33.6 Å². The molecule has 1 aliphatic rings. The number of nitrogens with zero attached hydrogens (tertiary/aromatic N) is 1. The van der Waals surface area contributed by atoms with Gasteiger partial charge >= 0.3 is 0 Å². The quantitative estimate of drug-likeness (QED) is 0.620. The SMILES string of the molecule is CC(C)COc1ccccc1C(=O)NC(=S)Nc1ccccc1C(=O)N1CCC(C)CC1. The smallest absolute Gasteiger partial charge is 0.261 e.